The molecular weight excluding hydrogens is 394 g/mol. The first kappa shape index (κ1) is 20.2. The number of nitrogens with one attached hydrogen (secondary N) is 1. The van der Waals surface area contributed by atoms with E-state index < -0.39 is 10.0 Å². The molecule has 3 aromatic rings. The number of nitrogens with zero attached hydrogens (tertiary/aromatic N) is 2. The molecule has 146 valence electrons. The SMILES string of the molecule is CC(=O)Nc1ccc(S(=O)(=O)n2nc(C)c(Sc3ccc(C)cc3)c2C)cc1. The van der Waals surface area contributed by atoms with Gasteiger partial charge in [-0.05, 0) is 57.2 Å². The highest BCUT2D eigenvalue weighted by molar-refractivity contribution is 7.99. The maximum atomic E-state index is 13.1. The van der Waals surface area contributed by atoms with Gasteiger partial charge in [-0.1, -0.05) is 29.5 Å². The minimum atomic E-state index is -3.84. The van der Waals surface area contributed by atoms with Gasteiger partial charge >= 0.3 is 0 Å². The van der Waals surface area contributed by atoms with Crippen LogP contribution in [0.4, 0.5) is 5.69 Å². The molecule has 0 fully saturated rings. The predicted octanol–water partition coefficient (Wildman–Crippen LogP) is 4.15. The van der Waals surface area contributed by atoms with Gasteiger partial charge in [-0.15, -0.1) is 0 Å². The second kappa shape index (κ2) is 7.81. The molecule has 0 bridgehead atoms. The van der Waals surface area contributed by atoms with Gasteiger partial charge in [0.1, 0.15) is 0 Å². The summed E-state index contributed by atoms with van der Waals surface area (Å²) < 4.78 is 27.2. The molecule has 0 saturated carbocycles. The van der Waals surface area contributed by atoms with Crippen LogP contribution in [0.15, 0.2) is 63.2 Å². The minimum Gasteiger partial charge on any atom is -0.326 e. The Balaban J connectivity index is 1.94. The van der Waals surface area contributed by atoms with Crippen molar-refractivity contribution in [3.05, 3.63) is 65.5 Å². The fourth-order valence-corrected chi connectivity index (χ4v) is 5.07. The topological polar surface area (TPSA) is 81.1 Å². The zero-order valence-corrected chi connectivity index (χ0v) is 17.7. The molecule has 1 heterocycles. The van der Waals surface area contributed by atoms with Crippen molar-refractivity contribution in [3.8, 4) is 0 Å². The molecule has 0 radical (unpaired) electrons. The quantitative estimate of drug-likeness (QED) is 0.677. The number of rotatable bonds is 5. The third-order valence-electron chi connectivity index (χ3n) is 4.13. The zero-order chi connectivity index (χ0) is 20.5. The Labute approximate surface area is 169 Å². The highest BCUT2D eigenvalue weighted by Crippen LogP contribution is 2.34. The number of anilines is 1. The van der Waals surface area contributed by atoms with E-state index in [9.17, 15) is 13.2 Å². The highest BCUT2D eigenvalue weighted by atomic mass is 32.2. The summed E-state index contributed by atoms with van der Waals surface area (Å²) in [6.45, 7) is 6.97. The van der Waals surface area contributed by atoms with E-state index in [1.54, 1.807) is 26.0 Å². The van der Waals surface area contributed by atoms with E-state index >= 15 is 0 Å². The van der Waals surface area contributed by atoms with Crippen LogP contribution in [0.5, 0.6) is 0 Å². The maximum absolute atomic E-state index is 13.1. The molecular formula is C20H21N3O3S2. The number of aryl methyl sites for hydroxylation is 2. The van der Waals surface area contributed by atoms with Crippen LogP contribution in [-0.2, 0) is 14.8 Å². The molecule has 1 aromatic heterocycles. The lowest BCUT2D eigenvalue weighted by molar-refractivity contribution is -0.114. The molecule has 0 saturated heterocycles. The van der Waals surface area contributed by atoms with Gasteiger partial charge in [0.15, 0.2) is 0 Å². The first-order chi connectivity index (χ1) is 13.2. The van der Waals surface area contributed by atoms with Gasteiger partial charge in [0.25, 0.3) is 10.0 Å². The Morgan fingerprint density at radius 3 is 2.18 bits per heavy atom. The Morgan fingerprint density at radius 1 is 1.00 bits per heavy atom. The van der Waals surface area contributed by atoms with Gasteiger partial charge in [0.2, 0.25) is 5.91 Å². The summed E-state index contributed by atoms with van der Waals surface area (Å²) in [5, 5.41) is 6.90. The Morgan fingerprint density at radius 2 is 1.61 bits per heavy atom. The van der Waals surface area contributed by atoms with Crippen molar-refractivity contribution >= 4 is 33.4 Å². The molecule has 28 heavy (non-hydrogen) atoms. The molecule has 0 aliphatic carbocycles. The summed E-state index contributed by atoms with van der Waals surface area (Å²) in [4.78, 5) is 13.1. The summed E-state index contributed by atoms with van der Waals surface area (Å²) in [5.74, 6) is -0.216. The maximum Gasteiger partial charge on any atom is 0.283 e. The Kier molecular flexibility index (Phi) is 5.62. The molecule has 1 amide bonds. The smallest absolute Gasteiger partial charge is 0.283 e. The molecule has 0 aliphatic rings. The number of aromatic nitrogens is 2. The molecule has 8 heteroatoms. The number of hydrogen-bond donors (Lipinski definition) is 1. The highest BCUT2D eigenvalue weighted by Gasteiger charge is 2.24. The second-order valence-electron chi connectivity index (χ2n) is 6.47. The molecule has 6 nitrogen and oxygen atoms in total. The van der Waals surface area contributed by atoms with E-state index in [-0.39, 0.29) is 10.8 Å². The summed E-state index contributed by atoms with van der Waals surface area (Å²) >= 11 is 1.50. The molecule has 0 spiro atoms. The lowest BCUT2D eigenvalue weighted by Crippen LogP contribution is -2.16. The molecule has 0 atom stereocenters. The van der Waals surface area contributed by atoms with E-state index in [4.69, 9.17) is 0 Å². The van der Waals surface area contributed by atoms with Gasteiger partial charge in [0, 0.05) is 17.5 Å². The van der Waals surface area contributed by atoms with Crippen LogP contribution in [0.2, 0.25) is 0 Å². The first-order valence-electron chi connectivity index (χ1n) is 8.62. The number of benzene rings is 2. The molecule has 1 N–H and O–H groups in total. The third-order valence-corrected chi connectivity index (χ3v) is 7.11. The molecule has 2 aromatic carbocycles. The summed E-state index contributed by atoms with van der Waals surface area (Å²) in [7, 11) is -3.84. The molecule has 0 unspecified atom stereocenters. The molecule has 0 aliphatic heterocycles. The fraction of sp³-hybridized carbons (Fsp3) is 0.200. The van der Waals surface area contributed by atoms with Crippen LogP contribution in [0.3, 0.4) is 0 Å². The van der Waals surface area contributed by atoms with Crippen LogP contribution >= 0.6 is 11.8 Å². The predicted molar refractivity (Wildman–Crippen MR) is 110 cm³/mol. The lowest BCUT2D eigenvalue weighted by Gasteiger charge is -2.08. The van der Waals surface area contributed by atoms with Gasteiger partial charge in [-0.2, -0.15) is 17.6 Å². The van der Waals surface area contributed by atoms with Crippen molar-refractivity contribution in [1.82, 2.24) is 9.19 Å². The van der Waals surface area contributed by atoms with E-state index in [2.05, 4.69) is 10.4 Å². The first-order valence-corrected chi connectivity index (χ1v) is 10.9. The van der Waals surface area contributed by atoms with Crippen molar-refractivity contribution in [2.75, 3.05) is 5.32 Å². The van der Waals surface area contributed by atoms with Crippen LogP contribution in [-0.4, -0.2) is 23.5 Å². The minimum absolute atomic E-state index is 0.110. The Bertz CT molecular complexity index is 1120. The van der Waals surface area contributed by atoms with Crippen LogP contribution in [0.25, 0.3) is 0 Å². The van der Waals surface area contributed by atoms with Gasteiger partial charge < -0.3 is 5.32 Å². The van der Waals surface area contributed by atoms with Crippen molar-refractivity contribution < 1.29 is 13.2 Å². The summed E-state index contributed by atoms with van der Waals surface area (Å²) in [5.41, 5.74) is 2.92. The largest absolute Gasteiger partial charge is 0.326 e. The van der Waals surface area contributed by atoms with Gasteiger partial charge in [-0.3, -0.25) is 4.79 Å². The molecule has 3 rings (SSSR count). The van der Waals surface area contributed by atoms with Crippen molar-refractivity contribution in [2.24, 2.45) is 0 Å². The van der Waals surface area contributed by atoms with Crippen molar-refractivity contribution in [3.63, 3.8) is 0 Å². The fourth-order valence-electron chi connectivity index (χ4n) is 2.72. The number of carbonyl (C=O) groups is 1. The normalized spacial score (nSPS) is 11.4. The van der Waals surface area contributed by atoms with E-state index in [0.29, 0.717) is 17.1 Å². The average Bonchev–Trinajstić information content (AvgIpc) is 2.92. The van der Waals surface area contributed by atoms with Crippen LogP contribution < -0.4 is 5.32 Å². The van der Waals surface area contributed by atoms with E-state index in [1.165, 1.54) is 36.4 Å². The van der Waals surface area contributed by atoms with E-state index in [1.807, 2.05) is 31.2 Å². The van der Waals surface area contributed by atoms with Crippen molar-refractivity contribution in [2.45, 2.75) is 42.4 Å². The average molecular weight is 416 g/mol. The number of hydrogen-bond acceptors (Lipinski definition) is 5. The van der Waals surface area contributed by atoms with Crippen LogP contribution in [0.1, 0.15) is 23.9 Å². The van der Waals surface area contributed by atoms with Crippen LogP contribution in [0, 0.1) is 20.8 Å². The second-order valence-corrected chi connectivity index (χ2v) is 9.32. The summed E-state index contributed by atoms with van der Waals surface area (Å²) in [6, 6.07) is 14.1. The van der Waals surface area contributed by atoms with Gasteiger partial charge in [-0.25, -0.2) is 0 Å². The monoisotopic (exact) mass is 415 g/mol. The summed E-state index contributed by atoms with van der Waals surface area (Å²) in [6.07, 6.45) is 0. The van der Waals surface area contributed by atoms with Gasteiger partial charge in [0.05, 0.1) is 21.2 Å². The number of amides is 1. The zero-order valence-electron chi connectivity index (χ0n) is 16.1. The number of carbonyl (C=O) groups excluding carboxylic acids is 1. The standard InChI is InChI=1S/C20H21N3O3S2/c1-13-5-9-18(10-6-13)27-20-14(2)22-23(15(20)3)28(25,26)19-11-7-17(8-12-19)21-16(4)24/h5-12H,1-4H3,(H,21,24). The Hall–Kier alpha value is -2.58. The lowest BCUT2D eigenvalue weighted by atomic mass is 10.2. The van der Waals surface area contributed by atoms with Crippen molar-refractivity contribution in [1.29, 1.82) is 0 Å². The third kappa shape index (κ3) is 4.13. The van der Waals surface area contributed by atoms with E-state index in [0.717, 1.165) is 13.9 Å².